The third kappa shape index (κ3) is 5.40. The number of aromatic nitrogens is 1. The van der Waals surface area contributed by atoms with Gasteiger partial charge in [0.1, 0.15) is 5.69 Å². The molecule has 0 aliphatic carbocycles. The van der Waals surface area contributed by atoms with Crippen LogP contribution >= 0.6 is 23.3 Å². The number of fused-ring (bicyclic) bond motifs is 1. The van der Waals surface area contributed by atoms with Gasteiger partial charge in [0.25, 0.3) is 0 Å². The highest BCUT2D eigenvalue weighted by atomic mass is 32.2. The van der Waals surface area contributed by atoms with Crippen LogP contribution in [0.4, 0.5) is 5.13 Å². The first kappa shape index (κ1) is 20.0. The van der Waals surface area contributed by atoms with E-state index in [0.717, 1.165) is 35.2 Å². The molecular formula is C20H28N4OS2. The van der Waals surface area contributed by atoms with E-state index in [9.17, 15) is 5.11 Å². The maximum Gasteiger partial charge on any atom is 0.183 e. The van der Waals surface area contributed by atoms with Crippen molar-refractivity contribution in [2.75, 3.05) is 19.0 Å². The summed E-state index contributed by atoms with van der Waals surface area (Å²) in [6.45, 7) is 5.31. The van der Waals surface area contributed by atoms with Crippen molar-refractivity contribution in [2.24, 2.45) is 5.92 Å². The SMILES string of the molecule is CNc1nc2c(s1)CN(SCc1ccccc1)C=C2NC(CO)CC(C)C. The Hall–Kier alpha value is -1.70. The van der Waals surface area contributed by atoms with Crippen molar-refractivity contribution >= 4 is 34.1 Å². The molecule has 27 heavy (non-hydrogen) atoms. The topological polar surface area (TPSA) is 60.4 Å². The van der Waals surface area contributed by atoms with E-state index in [4.69, 9.17) is 4.98 Å². The molecule has 1 atom stereocenters. The zero-order valence-electron chi connectivity index (χ0n) is 16.1. The third-order valence-corrected chi connectivity index (χ3v) is 6.40. The fourth-order valence-corrected chi connectivity index (χ4v) is 4.97. The number of thiazole rings is 1. The molecule has 0 fully saturated rings. The number of nitrogens with zero attached hydrogens (tertiary/aromatic N) is 2. The van der Waals surface area contributed by atoms with Crippen molar-refractivity contribution in [3.63, 3.8) is 0 Å². The van der Waals surface area contributed by atoms with Crippen LogP contribution in [-0.2, 0) is 12.3 Å². The molecule has 0 saturated carbocycles. The molecule has 3 rings (SSSR count). The predicted molar refractivity (Wildman–Crippen MR) is 116 cm³/mol. The highest BCUT2D eigenvalue weighted by molar-refractivity contribution is 7.96. The van der Waals surface area contributed by atoms with E-state index in [2.05, 4.69) is 59.3 Å². The van der Waals surface area contributed by atoms with Gasteiger partial charge in [-0.2, -0.15) is 0 Å². The monoisotopic (exact) mass is 404 g/mol. The first-order valence-electron chi connectivity index (χ1n) is 9.29. The summed E-state index contributed by atoms with van der Waals surface area (Å²) >= 11 is 3.49. The Balaban J connectivity index is 1.77. The van der Waals surface area contributed by atoms with E-state index in [1.165, 1.54) is 10.4 Å². The molecule has 7 heteroatoms. The number of hydrogen-bond donors (Lipinski definition) is 3. The maximum atomic E-state index is 9.78. The van der Waals surface area contributed by atoms with Crippen LogP contribution in [0.3, 0.4) is 0 Å². The molecule has 1 unspecified atom stereocenters. The number of benzene rings is 1. The fraction of sp³-hybridized carbons (Fsp3) is 0.450. The van der Waals surface area contributed by atoms with E-state index in [-0.39, 0.29) is 12.6 Å². The minimum Gasteiger partial charge on any atom is -0.394 e. The molecule has 2 heterocycles. The Bertz CT molecular complexity index is 761. The van der Waals surface area contributed by atoms with Crippen LogP contribution in [0.15, 0.2) is 36.5 Å². The zero-order valence-corrected chi connectivity index (χ0v) is 17.7. The van der Waals surface area contributed by atoms with Crippen LogP contribution in [0.1, 0.15) is 36.4 Å². The van der Waals surface area contributed by atoms with Gasteiger partial charge in [0.2, 0.25) is 0 Å². The van der Waals surface area contributed by atoms with Gasteiger partial charge < -0.3 is 20.0 Å². The second-order valence-corrected chi connectivity index (χ2v) is 9.17. The summed E-state index contributed by atoms with van der Waals surface area (Å²) < 4.78 is 2.26. The number of rotatable bonds is 9. The minimum absolute atomic E-state index is 0.0305. The Morgan fingerprint density at radius 3 is 2.74 bits per heavy atom. The summed E-state index contributed by atoms with van der Waals surface area (Å²) in [5.74, 6) is 1.44. The lowest BCUT2D eigenvalue weighted by Crippen LogP contribution is -2.34. The molecule has 1 aliphatic heterocycles. The summed E-state index contributed by atoms with van der Waals surface area (Å²) in [4.78, 5) is 5.97. The van der Waals surface area contributed by atoms with Crippen LogP contribution in [0, 0.1) is 5.92 Å². The molecule has 1 aliphatic rings. The van der Waals surface area contributed by atoms with Crippen molar-refractivity contribution in [2.45, 2.75) is 38.6 Å². The molecule has 0 radical (unpaired) electrons. The van der Waals surface area contributed by atoms with Gasteiger partial charge in [-0.15, -0.1) is 0 Å². The molecule has 1 aromatic heterocycles. The van der Waals surface area contributed by atoms with Crippen LogP contribution in [0.5, 0.6) is 0 Å². The normalized spacial score (nSPS) is 14.7. The largest absolute Gasteiger partial charge is 0.394 e. The molecule has 0 bridgehead atoms. The van der Waals surface area contributed by atoms with Gasteiger partial charge in [-0.25, -0.2) is 4.98 Å². The number of anilines is 1. The smallest absolute Gasteiger partial charge is 0.183 e. The number of nitrogens with one attached hydrogen (secondary N) is 2. The average Bonchev–Trinajstić information content (AvgIpc) is 3.10. The number of aliphatic hydroxyl groups excluding tert-OH is 1. The fourth-order valence-electron chi connectivity index (χ4n) is 3.06. The van der Waals surface area contributed by atoms with Crippen LogP contribution < -0.4 is 10.6 Å². The van der Waals surface area contributed by atoms with Crippen molar-refractivity contribution in [1.82, 2.24) is 14.6 Å². The average molecular weight is 405 g/mol. The zero-order chi connectivity index (χ0) is 19.2. The quantitative estimate of drug-likeness (QED) is 0.546. The Labute approximate surface area is 170 Å². The Morgan fingerprint density at radius 2 is 2.07 bits per heavy atom. The lowest BCUT2D eigenvalue weighted by atomic mass is 10.0. The van der Waals surface area contributed by atoms with Gasteiger partial charge in [-0.05, 0) is 29.9 Å². The van der Waals surface area contributed by atoms with Gasteiger partial charge in [-0.1, -0.05) is 55.5 Å². The van der Waals surface area contributed by atoms with E-state index >= 15 is 0 Å². The second kappa shape index (κ2) is 9.48. The summed E-state index contributed by atoms with van der Waals surface area (Å²) in [5, 5.41) is 17.4. The van der Waals surface area contributed by atoms with E-state index < -0.39 is 0 Å². The number of hydrogen-bond acceptors (Lipinski definition) is 7. The van der Waals surface area contributed by atoms with Crippen LogP contribution in [0.25, 0.3) is 5.70 Å². The van der Waals surface area contributed by atoms with Gasteiger partial charge in [0, 0.05) is 25.0 Å². The maximum absolute atomic E-state index is 9.78. The Morgan fingerprint density at radius 1 is 1.30 bits per heavy atom. The number of aliphatic hydroxyl groups is 1. The minimum atomic E-state index is 0.0305. The van der Waals surface area contributed by atoms with Gasteiger partial charge in [0.15, 0.2) is 5.13 Å². The van der Waals surface area contributed by atoms with Gasteiger partial charge >= 0.3 is 0 Å². The summed E-state index contributed by atoms with van der Waals surface area (Å²) in [6, 6.07) is 10.5. The third-order valence-electron chi connectivity index (χ3n) is 4.31. The summed E-state index contributed by atoms with van der Waals surface area (Å²) in [5.41, 5.74) is 3.31. The molecule has 0 saturated heterocycles. The van der Waals surface area contributed by atoms with Crippen molar-refractivity contribution < 1.29 is 5.11 Å². The van der Waals surface area contributed by atoms with Crippen molar-refractivity contribution in [3.8, 4) is 0 Å². The summed E-state index contributed by atoms with van der Waals surface area (Å²) in [6.07, 6.45) is 3.06. The molecule has 0 spiro atoms. The first-order valence-corrected chi connectivity index (χ1v) is 11.1. The first-order chi connectivity index (χ1) is 13.1. The molecule has 0 amide bonds. The van der Waals surface area contributed by atoms with Crippen molar-refractivity contribution in [3.05, 3.63) is 52.7 Å². The van der Waals surface area contributed by atoms with Gasteiger partial charge in [0.05, 0.1) is 23.7 Å². The Kier molecular flexibility index (Phi) is 7.04. The molecule has 2 aromatic rings. The highest BCUT2D eigenvalue weighted by Crippen LogP contribution is 2.35. The molecule has 1 aromatic carbocycles. The van der Waals surface area contributed by atoms with E-state index in [1.54, 1.807) is 23.3 Å². The predicted octanol–water partition coefficient (Wildman–Crippen LogP) is 4.14. The lowest BCUT2D eigenvalue weighted by molar-refractivity contribution is 0.236. The van der Waals surface area contributed by atoms with E-state index in [0.29, 0.717) is 5.92 Å². The molecule has 146 valence electrons. The molecular weight excluding hydrogens is 376 g/mol. The lowest BCUT2D eigenvalue weighted by Gasteiger charge is -2.28. The van der Waals surface area contributed by atoms with Crippen LogP contribution in [0.2, 0.25) is 0 Å². The highest BCUT2D eigenvalue weighted by Gasteiger charge is 2.24. The molecule has 3 N–H and O–H groups in total. The second-order valence-electron chi connectivity index (χ2n) is 7.07. The standard InChI is InChI=1S/C20H28N4OS2/c1-14(2)9-16(12-25)22-17-10-24(26-13-15-7-5-4-6-8-15)11-18-19(17)23-20(21-3)27-18/h4-8,10,14,16,22,25H,9,11-13H2,1-3H3,(H,21,23). The summed E-state index contributed by atoms with van der Waals surface area (Å²) in [7, 11) is 1.90. The van der Waals surface area contributed by atoms with Crippen molar-refractivity contribution in [1.29, 1.82) is 0 Å². The van der Waals surface area contributed by atoms with E-state index in [1.807, 2.05) is 13.1 Å². The van der Waals surface area contributed by atoms with Crippen LogP contribution in [-0.4, -0.2) is 34.1 Å². The van der Waals surface area contributed by atoms with Gasteiger partial charge in [-0.3, -0.25) is 0 Å². The molecule has 5 nitrogen and oxygen atoms in total.